The van der Waals surface area contributed by atoms with Gasteiger partial charge in [-0.05, 0) is 0 Å². The Balaban J connectivity index is 2.23. The largest absolute Gasteiger partial charge is 0.444 e. The van der Waals surface area contributed by atoms with E-state index in [9.17, 15) is 4.79 Å². The van der Waals surface area contributed by atoms with Crippen LogP contribution in [0, 0.1) is 12.3 Å². The van der Waals surface area contributed by atoms with E-state index in [1.165, 1.54) is 0 Å². The van der Waals surface area contributed by atoms with Crippen LogP contribution in [-0.2, 0) is 17.8 Å². The molecule has 16 heavy (non-hydrogen) atoms. The average molecular weight is 221 g/mol. The molecule has 1 amide bonds. The summed E-state index contributed by atoms with van der Waals surface area (Å²) in [5, 5.41) is 5.46. The molecule has 0 aliphatic rings. The Hall–Kier alpha value is -1.80. The quantitative estimate of drug-likeness (QED) is 0.527. The number of carbonyl (C=O) groups is 1. The van der Waals surface area contributed by atoms with E-state index in [4.69, 9.17) is 10.8 Å². The van der Waals surface area contributed by atoms with Crippen LogP contribution in [0.25, 0.3) is 0 Å². The van der Waals surface area contributed by atoms with Crippen LogP contribution in [0.15, 0.2) is 10.6 Å². The third-order valence-corrected chi connectivity index (χ3v) is 1.90. The molecule has 1 aromatic rings. The summed E-state index contributed by atoms with van der Waals surface area (Å²) < 4.78 is 5.33. The highest BCUT2D eigenvalue weighted by Crippen LogP contribution is 2.03. The van der Waals surface area contributed by atoms with Gasteiger partial charge in [-0.15, -0.1) is 6.42 Å². The van der Waals surface area contributed by atoms with Crippen molar-refractivity contribution in [3.63, 3.8) is 0 Å². The molecule has 5 heteroatoms. The zero-order valence-corrected chi connectivity index (χ0v) is 9.25. The van der Waals surface area contributed by atoms with Gasteiger partial charge in [-0.25, -0.2) is 4.98 Å². The van der Waals surface area contributed by atoms with Crippen molar-refractivity contribution in [2.45, 2.75) is 19.9 Å². The Morgan fingerprint density at radius 1 is 1.69 bits per heavy atom. The van der Waals surface area contributed by atoms with Crippen LogP contribution >= 0.6 is 0 Å². The molecule has 2 N–H and O–H groups in total. The Labute approximate surface area is 94.6 Å². The summed E-state index contributed by atoms with van der Waals surface area (Å²) in [5.74, 6) is 3.58. The highest BCUT2D eigenvalue weighted by molar-refractivity contribution is 5.77. The van der Waals surface area contributed by atoms with Gasteiger partial charge in [0.15, 0.2) is 0 Å². The van der Waals surface area contributed by atoms with Gasteiger partial charge in [0.25, 0.3) is 0 Å². The molecule has 0 saturated heterocycles. The molecule has 0 fully saturated rings. The second-order valence-electron chi connectivity index (χ2n) is 3.16. The van der Waals surface area contributed by atoms with E-state index in [2.05, 4.69) is 21.5 Å². The first-order valence-corrected chi connectivity index (χ1v) is 5.10. The average Bonchev–Trinajstić information content (AvgIpc) is 2.74. The van der Waals surface area contributed by atoms with Gasteiger partial charge in [-0.1, -0.05) is 12.8 Å². The number of hydrogen-bond donors (Lipinski definition) is 2. The van der Waals surface area contributed by atoms with Crippen molar-refractivity contribution in [3.05, 3.63) is 17.8 Å². The number of amides is 1. The molecule has 0 spiro atoms. The van der Waals surface area contributed by atoms with Crippen molar-refractivity contribution in [2.24, 2.45) is 0 Å². The van der Waals surface area contributed by atoms with Crippen LogP contribution in [0.1, 0.15) is 18.6 Å². The van der Waals surface area contributed by atoms with Crippen LogP contribution in [0.5, 0.6) is 0 Å². The first kappa shape index (κ1) is 12.3. The van der Waals surface area contributed by atoms with Crippen molar-refractivity contribution in [1.29, 1.82) is 0 Å². The molecule has 1 rings (SSSR count). The topological polar surface area (TPSA) is 67.2 Å². The van der Waals surface area contributed by atoms with Crippen molar-refractivity contribution >= 4 is 5.91 Å². The SMILES string of the molecule is C#CCNCC(=O)NCc1ncc(CC)o1. The standard InChI is InChI=1S/C11H15N3O2/c1-3-5-12-7-10(15)13-8-11-14-6-9(4-2)16-11/h1,6,12H,4-5,7-8H2,2H3,(H,13,15). The first-order valence-electron chi connectivity index (χ1n) is 5.10. The fourth-order valence-corrected chi connectivity index (χ4v) is 1.08. The maximum atomic E-state index is 11.3. The van der Waals surface area contributed by atoms with Crippen LogP contribution < -0.4 is 10.6 Å². The van der Waals surface area contributed by atoms with Gasteiger partial charge in [-0.3, -0.25) is 10.1 Å². The normalized spacial score (nSPS) is 9.75. The van der Waals surface area contributed by atoms with E-state index >= 15 is 0 Å². The highest BCUT2D eigenvalue weighted by Gasteiger charge is 2.04. The first-order chi connectivity index (χ1) is 7.76. The van der Waals surface area contributed by atoms with Gasteiger partial charge in [0, 0.05) is 6.42 Å². The Morgan fingerprint density at radius 3 is 3.12 bits per heavy atom. The highest BCUT2D eigenvalue weighted by atomic mass is 16.4. The van der Waals surface area contributed by atoms with Gasteiger partial charge in [0.2, 0.25) is 11.8 Å². The molecule has 5 nitrogen and oxygen atoms in total. The third kappa shape index (κ3) is 4.15. The number of rotatable bonds is 6. The molecule has 0 unspecified atom stereocenters. The molecule has 1 heterocycles. The van der Waals surface area contributed by atoms with Gasteiger partial charge in [-0.2, -0.15) is 0 Å². The number of aromatic nitrogens is 1. The zero-order chi connectivity index (χ0) is 11.8. The summed E-state index contributed by atoms with van der Waals surface area (Å²) in [6, 6.07) is 0. The Bertz CT molecular complexity index is 379. The summed E-state index contributed by atoms with van der Waals surface area (Å²) in [4.78, 5) is 15.3. The van der Waals surface area contributed by atoms with Crippen molar-refractivity contribution in [3.8, 4) is 12.3 Å². The molecule has 0 atom stereocenters. The number of aryl methyl sites for hydroxylation is 1. The van der Waals surface area contributed by atoms with Gasteiger partial charge >= 0.3 is 0 Å². The summed E-state index contributed by atoms with van der Waals surface area (Å²) in [7, 11) is 0. The molecule has 86 valence electrons. The van der Waals surface area contributed by atoms with Crippen molar-refractivity contribution in [1.82, 2.24) is 15.6 Å². The zero-order valence-electron chi connectivity index (χ0n) is 9.25. The van der Waals surface area contributed by atoms with Crippen LogP contribution in [0.3, 0.4) is 0 Å². The van der Waals surface area contributed by atoms with E-state index < -0.39 is 0 Å². The van der Waals surface area contributed by atoms with Crippen LogP contribution in [0.2, 0.25) is 0 Å². The molecule has 0 radical (unpaired) electrons. The summed E-state index contributed by atoms with van der Waals surface area (Å²) in [6.45, 7) is 2.86. The molecule has 0 aromatic carbocycles. The third-order valence-electron chi connectivity index (χ3n) is 1.90. The lowest BCUT2D eigenvalue weighted by Gasteiger charge is -2.02. The minimum absolute atomic E-state index is 0.133. The predicted octanol–water partition coefficient (Wildman–Crippen LogP) is 0.0760. The molecule has 0 aliphatic carbocycles. The minimum Gasteiger partial charge on any atom is -0.444 e. The molecular formula is C11H15N3O2. The fourth-order valence-electron chi connectivity index (χ4n) is 1.08. The minimum atomic E-state index is -0.133. The van der Waals surface area contributed by atoms with Gasteiger partial charge < -0.3 is 9.73 Å². The molecule has 0 aliphatic heterocycles. The van der Waals surface area contributed by atoms with Crippen molar-refractivity contribution < 1.29 is 9.21 Å². The Morgan fingerprint density at radius 2 is 2.50 bits per heavy atom. The number of carbonyl (C=O) groups excluding carboxylic acids is 1. The van der Waals surface area contributed by atoms with Gasteiger partial charge in [0.05, 0.1) is 25.8 Å². The lowest BCUT2D eigenvalue weighted by molar-refractivity contribution is -0.120. The Kier molecular flexibility index (Phi) is 5.09. The summed E-state index contributed by atoms with van der Waals surface area (Å²) >= 11 is 0. The second kappa shape index (κ2) is 6.64. The lowest BCUT2D eigenvalue weighted by atomic mass is 10.4. The van der Waals surface area contributed by atoms with E-state index in [0.29, 0.717) is 19.0 Å². The fraction of sp³-hybridized carbons (Fsp3) is 0.455. The van der Waals surface area contributed by atoms with Crippen LogP contribution in [-0.4, -0.2) is 24.0 Å². The molecule has 0 bridgehead atoms. The van der Waals surface area contributed by atoms with E-state index in [0.717, 1.165) is 12.2 Å². The van der Waals surface area contributed by atoms with Crippen molar-refractivity contribution in [2.75, 3.05) is 13.1 Å². The number of nitrogens with one attached hydrogen (secondary N) is 2. The lowest BCUT2D eigenvalue weighted by Crippen LogP contribution is -2.33. The van der Waals surface area contributed by atoms with E-state index in [1.807, 2.05) is 6.92 Å². The number of nitrogens with zero attached hydrogens (tertiary/aromatic N) is 1. The number of hydrogen-bond acceptors (Lipinski definition) is 4. The monoisotopic (exact) mass is 221 g/mol. The second-order valence-corrected chi connectivity index (χ2v) is 3.16. The summed E-state index contributed by atoms with van der Waals surface area (Å²) in [5.41, 5.74) is 0. The van der Waals surface area contributed by atoms with E-state index in [-0.39, 0.29) is 12.5 Å². The smallest absolute Gasteiger partial charge is 0.234 e. The predicted molar refractivity (Wildman–Crippen MR) is 59.4 cm³/mol. The van der Waals surface area contributed by atoms with Crippen LogP contribution in [0.4, 0.5) is 0 Å². The molecular weight excluding hydrogens is 206 g/mol. The van der Waals surface area contributed by atoms with E-state index in [1.54, 1.807) is 6.20 Å². The molecule has 0 saturated carbocycles. The maximum absolute atomic E-state index is 11.3. The number of terminal acetylenes is 1. The molecule has 1 aromatic heterocycles. The number of oxazole rings is 1. The maximum Gasteiger partial charge on any atom is 0.234 e. The summed E-state index contributed by atoms with van der Waals surface area (Å²) in [6.07, 6.45) is 7.49. The van der Waals surface area contributed by atoms with Gasteiger partial charge in [0.1, 0.15) is 5.76 Å².